The van der Waals surface area contributed by atoms with Crippen molar-refractivity contribution in [2.75, 3.05) is 29.1 Å². The van der Waals surface area contributed by atoms with Crippen molar-refractivity contribution in [1.82, 2.24) is 19.9 Å². The molecular formula is C20H25N7O2. The third-order valence-electron chi connectivity index (χ3n) is 5.47. The van der Waals surface area contributed by atoms with Gasteiger partial charge in [0.25, 0.3) is 5.91 Å². The Bertz CT molecular complexity index is 931. The number of pyridine rings is 1. The van der Waals surface area contributed by atoms with Crippen molar-refractivity contribution in [3.05, 3.63) is 35.9 Å². The molecule has 29 heavy (non-hydrogen) atoms. The Balaban J connectivity index is 1.34. The number of amides is 3. The summed E-state index contributed by atoms with van der Waals surface area (Å²) in [5, 5.41) is 6.90. The van der Waals surface area contributed by atoms with Crippen LogP contribution in [-0.2, 0) is 4.79 Å². The minimum Gasteiger partial charge on any atom is -0.367 e. The smallest absolute Gasteiger partial charge is 0.331 e. The van der Waals surface area contributed by atoms with Crippen LogP contribution in [0.1, 0.15) is 30.7 Å². The Hall–Kier alpha value is -3.23. The summed E-state index contributed by atoms with van der Waals surface area (Å²) in [5.74, 6) is 1.31. The van der Waals surface area contributed by atoms with Gasteiger partial charge in [-0.25, -0.2) is 19.7 Å². The van der Waals surface area contributed by atoms with Gasteiger partial charge in [0.2, 0.25) is 0 Å². The Morgan fingerprint density at radius 1 is 0.966 bits per heavy atom. The molecular weight excluding hydrogens is 370 g/mol. The SMILES string of the molecule is Cc1ncc(N[C@H]2CC[C@H](Nc3ccc(N4C(=O)CN(C)C4=O)cn3)C2)nc1C. The van der Waals surface area contributed by atoms with Gasteiger partial charge in [0, 0.05) is 19.1 Å². The lowest BCUT2D eigenvalue weighted by Crippen LogP contribution is -2.31. The van der Waals surface area contributed by atoms with Crippen molar-refractivity contribution in [3.63, 3.8) is 0 Å². The molecule has 4 rings (SSSR count). The van der Waals surface area contributed by atoms with E-state index in [0.717, 1.165) is 47.2 Å². The van der Waals surface area contributed by atoms with Crippen molar-refractivity contribution in [2.24, 2.45) is 0 Å². The number of nitrogens with one attached hydrogen (secondary N) is 2. The summed E-state index contributed by atoms with van der Waals surface area (Å²) < 4.78 is 0. The predicted octanol–water partition coefficient (Wildman–Crippen LogP) is 2.33. The van der Waals surface area contributed by atoms with Gasteiger partial charge in [-0.2, -0.15) is 0 Å². The van der Waals surface area contributed by atoms with Gasteiger partial charge in [0.05, 0.1) is 29.5 Å². The summed E-state index contributed by atoms with van der Waals surface area (Å²) >= 11 is 0. The van der Waals surface area contributed by atoms with Crippen molar-refractivity contribution in [1.29, 1.82) is 0 Å². The fourth-order valence-electron chi connectivity index (χ4n) is 3.75. The first kappa shape index (κ1) is 19.1. The third kappa shape index (κ3) is 3.98. The maximum Gasteiger partial charge on any atom is 0.331 e. The highest BCUT2D eigenvalue weighted by atomic mass is 16.2. The quantitative estimate of drug-likeness (QED) is 0.749. The minimum atomic E-state index is -0.323. The molecule has 0 radical (unpaired) electrons. The first-order chi connectivity index (χ1) is 13.9. The molecule has 1 aliphatic carbocycles. The van der Waals surface area contributed by atoms with E-state index in [1.54, 1.807) is 25.5 Å². The second-order valence-electron chi connectivity index (χ2n) is 7.69. The topological polar surface area (TPSA) is 103 Å². The summed E-state index contributed by atoms with van der Waals surface area (Å²) in [7, 11) is 1.61. The van der Waals surface area contributed by atoms with E-state index in [1.165, 1.54) is 4.90 Å². The van der Waals surface area contributed by atoms with Gasteiger partial charge in [-0.3, -0.25) is 9.78 Å². The molecule has 2 fully saturated rings. The number of rotatable bonds is 5. The monoisotopic (exact) mass is 395 g/mol. The largest absolute Gasteiger partial charge is 0.367 e. The van der Waals surface area contributed by atoms with Crippen LogP contribution in [0.4, 0.5) is 22.1 Å². The fourth-order valence-corrected chi connectivity index (χ4v) is 3.75. The van der Waals surface area contributed by atoms with Crippen LogP contribution in [-0.4, -0.2) is 57.5 Å². The van der Waals surface area contributed by atoms with Crippen LogP contribution in [0, 0.1) is 13.8 Å². The highest BCUT2D eigenvalue weighted by Gasteiger charge is 2.35. The van der Waals surface area contributed by atoms with Crippen LogP contribution < -0.4 is 15.5 Å². The second-order valence-corrected chi connectivity index (χ2v) is 7.69. The van der Waals surface area contributed by atoms with Crippen molar-refractivity contribution < 1.29 is 9.59 Å². The molecule has 2 aromatic heterocycles. The number of aryl methyl sites for hydroxylation is 2. The number of hydrogen-bond donors (Lipinski definition) is 2. The van der Waals surface area contributed by atoms with Crippen LogP contribution in [0.5, 0.6) is 0 Å². The molecule has 2 aromatic rings. The molecule has 3 amide bonds. The number of carbonyl (C=O) groups is 2. The van der Waals surface area contributed by atoms with Gasteiger partial charge in [-0.1, -0.05) is 0 Å². The zero-order chi connectivity index (χ0) is 20.5. The number of hydrogen-bond acceptors (Lipinski definition) is 7. The molecule has 9 nitrogen and oxygen atoms in total. The summed E-state index contributed by atoms with van der Waals surface area (Å²) in [5.41, 5.74) is 2.38. The van der Waals surface area contributed by atoms with E-state index < -0.39 is 0 Å². The molecule has 9 heteroatoms. The Morgan fingerprint density at radius 2 is 1.69 bits per heavy atom. The van der Waals surface area contributed by atoms with Gasteiger partial charge in [-0.05, 0) is 45.2 Å². The third-order valence-corrected chi connectivity index (χ3v) is 5.47. The maximum atomic E-state index is 12.1. The van der Waals surface area contributed by atoms with Crippen LogP contribution in [0.15, 0.2) is 24.5 Å². The first-order valence-corrected chi connectivity index (χ1v) is 9.78. The zero-order valence-corrected chi connectivity index (χ0v) is 16.8. The number of carbonyl (C=O) groups excluding carboxylic acids is 2. The van der Waals surface area contributed by atoms with E-state index in [9.17, 15) is 9.59 Å². The first-order valence-electron chi connectivity index (χ1n) is 9.78. The summed E-state index contributed by atoms with van der Waals surface area (Å²) in [6, 6.07) is 3.87. The van der Waals surface area contributed by atoms with Gasteiger partial charge >= 0.3 is 6.03 Å². The highest BCUT2D eigenvalue weighted by Crippen LogP contribution is 2.26. The summed E-state index contributed by atoms with van der Waals surface area (Å²) in [4.78, 5) is 39.9. The van der Waals surface area contributed by atoms with E-state index in [-0.39, 0.29) is 18.5 Å². The van der Waals surface area contributed by atoms with Crippen molar-refractivity contribution in [2.45, 2.75) is 45.2 Å². The molecule has 152 valence electrons. The Morgan fingerprint density at radius 3 is 2.28 bits per heavy atom. The average molecular weight is 395 g/mol. The number of likely N-dealkylation sites (N-methyl/N-ethyl adjacent to an activating group) is 1. The van der Waals surface area contributed by atoms with Crippen LogP contribution in [0.3, 0.4) is 0 Å². The van der Waals surface area contributed by atoms with E-state index in [4.69, 9.17) is 0 Å². The average Bonchev–Trinajstić information content (AvgIpc) is 3.23. The van der Waals surface area contributed by atoms with Crippen molar-refractivity contribution in [3.8, 4) is 0 Å². The molecule has 2 aliphatic rings. The van der Waals surface area contributed by atoms with Crippen molar-refractivity contribution >= 4 is 29.3 Å². The van der Waals surface area contributed by atoms with Gasteiger partial charge in [0.1, 0.15) is 18.2 Å². The Kier molecular flexibility index (Phi) is 5.04. The minimum absolute atomic E-state index is 0.0974. The molecule has 0 bridgehead atoms. The highest BCUT2D eigenvalue weighted by molar-refractivity contribution is 6.19. The number of urea groups is 1. The molecule has 2 N–H and O–H groups in total. The van der Waals surface area contributed by atoms with Gasteiger partial charge in [-0.15, -0.1) is 0 Å². The van der Waals surface area contributed by atoms with Crippen LogP contribution in [0.2, 0.25) is 0 Å². The maximum absolute atomic E-state index is 12.1. The number of imide groups is 1. The molecule has 2 atom stereocenters. The molecule has 3 heterocycles. The molecule has 1 aliphatic heterocycles. The van der Waals surface area contributed by atoms with E-state index >= 15 is 0 Å². The summed E-state index contributed by atoms with van der Waals surface area (Å²) in [6.07, 6.45) is 6.35. The van der Waals surface area contributed by atoms with Crippen LogP contribution >= 0.6 is 0 Å². The lowest BCUT2D eigenvalue weighted by atomic mass is 10.2. The van der Waals surface area contributed by atoms with Crippen LogP contribution in [0.25, 0.3) is 0 Å². The van der Waals surface area contributed by atoms with E-state index in [1.807, 2.05) is 19.9 Å². The standard InChI is InChI=1S/C20H25N7O2/c1-12-13(2)23-18(10-21-12)25-15-5-4-14(8-15)24-17-7-6-16(9-22-17)27-19(28)11-26(3)20(27)29/h6-7,9-10,14-15H,4-5,8,11H2,1-3H3,(H,22,24)(H,23,25)/t14-,15-/m0/s1. The van der Waals surface area contributed by atoms with Gasteiger partial charge < -0.3 is 15.5 Å². The molecule has 0 spiro atoms. The zero-order valence-electron chi connectivity index (χ0n) is 16.8. The molecule has 1 saturated carbocycles. The lowest BCUT2D eigenvalue weighted by molar-refractivity contribution is -0.116. The normalized spacial score (nSPS) is 21.8. The van der Waals surface area contributed by atoms with E-state index in [0.29, 0.717) is 17.8 Å². The number of aromatic nitrogens is 3. The molecule has 1 saturated heterocycles. The molecule has 0 aromatic carbocycles. The van der Waals surface area contributed by atoms with Gasteiger partial charge in [0.15, 0.2) is 0 Å². The second kappa shape index (κ2) is 7.65. The summed E-state index contributed by atoms with van der Waals surface area (Å²) in [6.45, 7) is 4.01. The number of nitrogens with zero attached hydrogens (tertiary/aromatic N) is 5. The number of anilines is 3. The predicted molar refractivity (Wildman–Crippen MR) is 110 cm³/mol. The molecule has 0 unspecified atom stereocenters. The fraction of sp³-hybridized carbons (Fsp3) is 0.450. The Labute approximate surface area is 169 Å². The van der Waals surface area contributed by atoms with E-state index in [2.05, 4.69) is 25.6 Å². The lowest BCUT2D eigenvalue weighted by Gasteiger charge is -2.17.